The third-order valence-electron chi connectivity index (χ3n) is 2.25. The molecule has 1 aromatic rings. The summed E-state index contributed by atoms with van der Waals surface area (Å²) in [7, 11) is 0. The highest BCUT2D eigenvalue weighted by molar-refractivity contribution is 5.74. The van der Waals surface area contributed by atoms with Crippen molar-refractivity contribution in [3.63, 3.8) is 0 Å². The van der Waals surface area contributed by atoms with Crippen molar-refractivity contribution in [2.45, 2.75) is 18.8 Å². The number of rotatable bonds is 5. The van der Waals surface area contributed by atoms with Crippen LogP contribution in [0.25, 0.3) is 0 Å². The summed E-state index contributed by atoms with van der Waals surface area (Å²) in [5, 5.41) is 19.5. The highest BCUT2D eigenvalue weighted by Crippen LogP contribution is 2.35. The number of carboxylic acid groups (broad SMARTS) is 1. The van der Waals surface area contributed by atoms with Crippen LogP contribution in [-0.4, -0.2) is 28.4 Å². The van der Waals surface area contributed by atoms with Crippen LogP contribution in [0.1, 0.15) is 5.56 Å². The Kier molecular flexibility index (Phi) is 4.50. The van der Waals surface area contributed by atoms with Gasteiger partial charge in [0.2, 0.25) is 5.75 Å². The summed E-state index contributed by atoms with van der Waals surface area (Å²) < 4.78 is 40.0. The SMILES string of the molecule is N[C@@H](Cc1cccc(OC(F)(F)F)c1[N+](=O)[O-])C(=O)O. The van der Waals surface area contributed by atoms with Crippen molar-refractivity contribution in [3.05, 3.63) is 33.9 Å². The second-order valence-corrected chi connectivity index (χ2v) is 3.72. The molecule has 0 aliphatic carbocycles. The molecule has 20 heavy (non-hydrogen) atoms. The first-order valence-corrected chi connectivity index (χ1v) is 5.12. The minimum absolute atomic E-state index is 0.258. The minimum Gasteiger partial charge on any atom is -0.480 e. The van der Waals surface area contributed by atoms with E-state index in [1.54, 1.807) is 0 Å². The first-order valence-electron chi connectivity index (χ1n) is 5.12. The zero-order valence-electron chi connectivity index (χ0n) is 9.76. The Labute approximate surface area is 109 Å². The zero-order valence-corrected chi connectivity index (χ0v) is 9.76. The number of hydrogen-bond acceptors (Lipinski definition) is 5. The molecule has 1 rings (SSSR count). The molecule has 0 saturated heterocycles. The van der Waals surface area contributed by atoms with Gasteiger partial charge in [0.25, 0.3) is 0 Å². The number of alkyl halides is 3. The maximum absolute atomic E-state index is 12.1. The lowest BCUT2D eigenvalue weighted by Gasteiger charge is -2.12. The van der Waals surface area contributed by atoms with Gasteiger partial charge in [0, 0.05) is 12.0 Å². The summed E-state index contributed by atoms with van der Waals surface area (Å²) in [6.07, 6.45) is -5.60. The van der Waals surface area contributed by atoms with Gasteiger partial charge in [0.05, 0.1) is 4.92 Å². The van der Waals surface area contributed by atoms with E-state index in [1.165, 1.54) is 0 Å². The molecule has 110 valence electrons. The molecule has 0 aliphatic heterocycles. The summed E-state index contributed by atoms with van der Waals surface area (Å²) in [5.41, 5.74) is 4.00. The molecule has 3 N–H and O–H groups in total. The van der Waals surface area contributed by atoms with Crippen molar-refractivity contribution in [2.75, 3.05) is 0 Å². The Hall–Kier alpha value is -2.36. The van der Waals surface area contributed by atoms with Gasteiger partial charge < -0.3 is 15.6 Å². The molecule has 0 aromatic heterocycles. The number of carboxylic acids is 1. The lowest BCUT2D eigenvalue weighted by Crippen LogP contribution is -2.32. The standard InChI is InChI=1S/C10H9F3N2O5/c11-10(12,13)20-7-3-1-2-5(8(7)15(18)19)4-6(14)9(16)17/h1-3,6H,4,14H2,(H,16,17)/t6-/m0/s1. The fourth-order valence-corrected chi connectivity index (χ4v) is 1.47. The molecule has 0 amide bonds. The number of nitro benzene ring substituents is 1. The van der Waals surface area contributed by atoms with Gasteiger partial charge >= 0.3 is 18.0 Å². The van der Waals surface area contributed by atoms with E-state index in [9.17, 15) is 28.1 Å². The largest absolute Gasteiger partial charge is 0.573 e. The molecule has 1 atom stereocenters. The van der Waals surface area contributed by atoms with E-state index in [-0.39, 0.29) is 5.56 Å². The van der Waals surface area contributed by atoms with Crippen LogP contribution in [-0.2, 0) is 11.2 Å². The third kappa shape index (κ3) is 4.09. The molecular weight excluding hydrogens is 285 g/mol. The van der Waals surface area contributed by atoms with Gasteiger partial charge in [-0.2, -0.15) is 0 Å². The Bertz CT molecular complexity index is 532. The average molecular weight is 294 g/mol. The molecule has 0 radical (unpaired) electrons. The number of aliphatic carboxylic acids is 1. The minimum atomic E-state index is -5.10. The molecule has 10 heteroatoms. The summed E-state index contributed by atoms with van der Waals surface area (Å²) >= 11 is 0. The molecule has 0 heterocycles. The topological polar surface area (TPSA) is 116 Å². The highest BCUT2D eigenvalue weighted by atomic mass is 19.4. The molecule has 0 fully saturated rings. The van der Waals surface area contributed by atoms with Crippen molar-refractivity contribution in [1.82, 2.24) is 0 Å². The lowest BCUT2D eigenvalue weighted by molar-refractivity contribution is -0.389. The maximum Gasteiger partial charge on any atom is 0.573 e. The van der Waals surface area contributed by atoms with Gasteiger partial charge in [0.1, 0.15) is 6.04 Å². The average Bonchev–Trinajstić information content (AvgIpc) is 2.26. The van der Waals surface area contributed by atoms with Gasteiger partial charge in [-0.15, -0.1) is 13.2 Å². The summed E-state index contributed by atoms with van der Waals surface area (Å²) in [6.45, 7) is 0. The number of benzene rings is 1. The summed E-state index contributed by atoms with van der Waals surface area (Å²) in [5.74, 6) is -2.45. The van der Waals surface area contributed by atoms with Crippen LogP contribution < -0.4 is 10.5 Å². The molecule has 0 spiro atoms. The normalized spacial score (nSPS) is 12.8. The number of nitrogens with zero attached hydrogens (tertiary/aromatic N) is 1. The number of nitrogens with two attached hydrogens (primary N) is 1. The summed E-state index contributed by atoms with van der Waals surface area (Å²) in [6, 6.07) is 1.48. The monoisotopic (exact) mass is 294 g/mol. The maximum atomic E-state index is 12.1. The van der Waals surface area contributed by atoms with Crippen LogP contribution in [0, 0.1) is 10.1 Å². The Morgan fingerprint density at radius 2 is 2.10 bits per heavy atom. The Morgan fingerprint density at radius 3 is 2.55 bits per heavy atom. The lowest BCUT2D eigenvalue weighted by atomic mass is 10.0. The molecule has 7 nitrogen and oxygen atoms in total. The van der Waals surface area contributed by atoms with Crippen LogP contribution in [0.4, 0.5) is 18.9 Å². The predicted molar refractivity (Wildman–Crippen MR) is 59.1 cm³/mol. The molecule has 0 bridgehead atoms. The number of hydrogen-bond donors (Lipinski definition) is 2. The van der Waals surface area contributed by atoms with Crippen LogP contribution in [0.2, 0.25) is 0 Å². The van der Waals surface area contributed by atoms with Crippen LogP contribution in [0.15, 0.2) is 18.2 Å². The predicted octanol–water partition coefficient (Wildman–Crippen LogP) is 1.45. The summed E-state index contributed by atoms with van der Waals surface area (Å²) in [4.78, 5) is 20.4. The number of para-hydroxylation sites is 1. The van der Waals surface area contributed by atoms with Crippen molar-refractivity contribution in [1.29, 1.82) is 0 Å². The van der Waals surface area contributed by atoms with Crippen molar-refractivity contribution >= 4 is 11.7 Å². The van der Waals surface area contributed by atoms with Crippen LogP contribution in [0.5, 0.6) is 5.75 Å². The molecule has 1 aromatic carbocycles. The van der Waals surface area contributed by atoms with Crippen LogP contribution in [0.3, 0.4) is 0 Å². The van der Waals surface area contributed by atoms with Crippen molar-refractivity contribution < 1.29 is 32.7 Å². The number of ether oxygens (including phenoxy) is 1. The van der Waals surface area contributed by atoms with Crippen molar-refractivity contribution in [2.24, 2.45) is 5.73 Å². The van der Waals surface area contributed by atoms with Gasteiger partial charge in [-0.05, 0) is 6.07 Å². The van der Waals surface area contributed by atoms with E-state index in [0.717, 1.165) is 18.2 Å². The van der Waals surface area contributed by atoms with Crippen LogP contribution >= 0.6 is 0 Å². The Morgan fingerprint density at radius 1 is 1.50 bits per heavy atom. The first kappa shape index (κ1) is 15.7. The van der Waals surface area contributed by atoms with E-state index in [4.69, 9.17) is 10.8 Å². The van der Waals surface area contributed by atoms with Gasteiger partial charge in [-0.25, -0.2) is 0 Å². The van der Waals surface area contributed by atoms with E-state index in [1.807, 2.05) is 0 Å². The number of carbonyl (C=O) groups is 1. The third-order valence-corrected chi connectivity index (χ3v) is 2.25. The van der Waals surface area contributed by atoms with Gasteiger partial charge in [0.15, 0.2) is 0 Å². The fraction of sp³-hybridized carbons (Fsp3) is 0.300. The van der Waals surface area contributed by atoms with Crippen molar-refractivity contribution in [3.8, 4) is 5.75 Å². The quantitative estimate of drug-likeness (QED) is 0.627. The molecular formula is C10H9F3N2O5. The van der Waals surface area contributed by atoms with E-state index in [0.29, 0.717) is 0 Å². The molecule has 0 saturated carbocycles. The van der Waals surface area contributed by atoms with Gasteiger partial charge in [-0.3, -0.25) is 14.9 Å². The second kappa shape index (κ2) is 5.74. The second-order valence-electron chi connectivity index (χ2n) is 3.72. The highest BCUT2D eigenvalue weighted by Gasteiger charge is 2.35. The number of halogens is 3. The Balaban J connectivity index is 3.21. The molecule has 0 unspecified atom stereocenters. The number of nitro groups is 1. The van der Waals surface area contributed by atoms with Gasteiger partial charge in [-0.1, -0.05) is 12.1 Å². The first-order chi connectivity index (χ1) is 9.11. The smallest absolute Gasteiger partial charge is 0.480 e. The van der Waals surface area contributed by atoms with E-state index < -0.39 is 41.2 Å². The molecule has 0 aliphatic rings. The van der Waals surface area contributed by atoms with E-state index in [2.05, 4.69) is 4.74 Å². The zero-order chi connectivity index (χ0) is 15.5. The fourth-order valence-electron chi connectivity index (χ4n) is 1.47. The van der Waals surface area contributed by atoms with E-state index >= 15 is 0 Å².